The molecule has 17 heavy (non-hydrogen) atoms. The Bertz CT molecular complexity index is 94.8. The van der Waals surface area contributed by atoms with Crippen molar-refractivity contribution in [2.24, 2.45) is 0 Å². The maximum Gasteiger partial charge on any atom is 1.00 e. The minimum Gasteiger partial charge on any atom is -0.828 e. The van der Waals surface area contributed by atoms with Crippen LogP contribution in [0.3, 0.4) is 0 Å². The van der Waals surface area contributed by atoms with E-state index in [1.807, 2.05) is 0 Å². The SMILES string of the molecule is O[Si](O)(O)O.O[Si](O)(O)O.[Na+].[Na+].[O-][Si]([O-])(O)O. The molecule has 0 atom stereocenters. The molecule has 17 heteroatoms. The van der Waals surface area contributed by atoms with Crippen LogP contribution in [0.4, 0.5) is 0 Å². The zero-order valence-corrected chi connectivity index (χ0v) is 15.8. The summed E-state index contributed by atoms with van der Waals surface area (Å²) >= 11 is 0. The molecule has 0 aliphatic carbocycles. The first-order chi connectivity index (χ1) is 6.00. The molecule has 96 valence electrons. The van der Waals surface area contributed by atoms with Gasteiger partial charge in [0.1, 0.15) is 9.05 Å². The Hall–Kier alpha value is 2.17. The van der Waals surface area contributed by atoms with Crippen LogP contribution in [0.5, 0.6) is 0 Å². The van der Waals surface area contributed by atoms with E-state index >= 15 is 0 Å². The summed E-state index contributed by atoms with van der Waals surface area (Å²) in [6, 6.07) is 0. The normalized spacial score (nSPS) is 10.6. The summed E-state index contributed by atoms with van der Waals surface area (Å²) < 4.78 is 0. The van der Waals surface area contributed by atoms with Crippen molar-refractivity contribution in [2.75, 3.05) is 0 Å². The molecule has 0 fully saturated rings. The van der Waals surface area contributed by atoms with Crippen LogP contribution in [-0.2, 0) is 0 Å². The zero-order chi connectivity index (χ0) is 13.5. The van der Waals surface area contributed by atoms with Crippen molar-refractivity contribution >= 4 is 27.1 Å². The summed E-state index contributed by atoms with van der Waals surface area (Å²) in [4.78, 5) is 90.4. The maximum atomic E-state index is 8.80. The minimum absolute atomic E-state index is 0. The van der Waals surface area contributed by atoms with Crippen LogP contribution in [0.1, 0.15) is 0 Å². The standard InChI is InChI=1S/2Na.2H4O4Si.H2O4Si/c;;3*1-5(2,3)4/h;;2*1-4H;1-2H/q2*+1;;;-2. The van der Waals surface area contributed by atoms with Crippen LogP contribution in [0, 0.1) is 0 Å². The summed E-state index contributed by atoms with van der Waals surface area (Å²) in [6.07, 6.45) is 0. The molecule has 0 heterocycles. The first-order valence-electron chi connectivity index (χ1n) is 2.64. The predicted molar refractivity (Wildman–Crippen MR) is 39.5 cm³/mol. The van der Waals surface area contributed by atoms with Crippen LogP contribution in [0.25, 0.3) is 0 Å². The van der Waals surface area contributed by atoms with Gasteiger partial charge in [-0.2, -0.15) is 0 Å². The monoisotopic (exact) mass is 332 g/mol. The van der Waals surface area contributed by atoms with Crippen molar-refractivity contribution in [3.05, 3.63) is 0 Å². The van der Waals surface area contributed by atoms with Gasteiger partial charge in [-0.3, -0.25) is 0 Å². The van der Waals surface area contributed by atoms with Gasteiger partial charge in [-0.1, -0.05) is 0 Å². The Morgan fingerprint density at radius 3 is 0.471 bits per heavy atom. The van der Waals surface area contributed by atoms with E-state index in [9.17, 15) is 0 Å². The van der Waals surface area contributed by atoms with Gasteiger partial charge < -0.3 is 57.5 Å². The smallest absolute Gasteiger partial charge is 0.828 e. The third kappa shape index (κ3) is 1010. The summed E-state index contributed by atoms with van der Waals surface area (Å²) in [7, 11) is -14.3. The van der Waals surface area contributed by atoms with Gasteiger partial charge in [-0.05, 0) is 0 Å². The summed E-state index contributed by atoms with van der Waals surface area (Å²) in [5.41, 5.74) is 0. The van der Waals surface area contributed by atoms with Crippen LogP contribution in [0.2, 0.25) is 0 Å². The van der Waals surface area contributed by atoms with Crippen molar-refractivity contribution in [3.8, 4) is 0 Å². The molecule has 0 spiro atoms. The second kappa shape index (κ2) is 13.2. The van der Waals surface area contributed by atoms with E-state index in [2.05, 4.69) is 0 Å². The zero-order valence-electron chi connectivity index (χ0n) is 8.79. The summed E-state index contributed by atoms with van der Waals surface area (Å²) in [5, 5.41) is 0. The summed E-state index contributed by atoms with van der Waals surface area (Å²) in [6.45, 7) is 0. The fourth-order valence-corrected chi connectivity index (χ4v) is 0. The van der Waals surface area contributed by atoms with Gasteiger partial charge in [-0.25, -0.2) is 0 Å². The molecule has 10 N–H and O–H groups in total. The van der Waals surface area contributed by atoms with Crippen molar-refractivity contribution in [1.82, 2.24) is 0 Å². The first kappa shape index (κ1) is 31.5. The van der Waals surface area contributed by atoms with Gasteiger partial charge in [-0.15, -0.1) is 0 Å². The molecule has 0 aromatic carbocycles. The van der Waals surface area contributed by atoms with Crippen molar-refractivity contribution < 1.29 is 117 Å². The van der Waals surface area contributed by atoms with Crippen LogP contribution in [0.15, 0.2) is 0 Å². The van der Waals surface area contributed by atoms with Crippen molar-refractivity contribution in [3.63, 3.8) is 0 Å². The second-order valence-corrected chi connectivity index (χ2v) is 5.25. The predicted octanol–water partition coefficient (Wildman–Crippen LogP) is -15.1. The largest absolute Gasteiger partial charge is 1.00 e. The summed E-state index contributed by atoms with van der Waals surface area (Å²) in [5.74, 6) is 0. The van der Waals surface area contributed by atoms with Gasteiger partial charge in [0.05, 0.1) is 0 Å². The molecular formula is H10Na2O12Si3. The molecule has 0 unspecified atom stereocenters. The van der Waals surface area contributed by atoms with E-state index in [1.165, 1.54) is 0 Å². The van der Waals surface area contributed by atoms with E-state index in [0.717, 1.165) is 0 Å². The van der Waals surface area contributed by atoms with Crippen LogP contribution in [-0.4, -0.2) is 75.1 Å². The topological polar surface area (TPSA) is 248 Å². The Labute approximate surface area is 142 Å². The van der Waals surface area contributed by atoms with Gasteiger partial charge in [0, 0.05) is 0 Å². The fourth-order valence-electron chi connectivity index (χ4n) is 0. The molecule has 0 amide bonds. The van der Waals surface area contributed by atoms with Crippen LogP contribution < -0.4 is 68.7 Å². The van der Waals surface area contributed by atoms with Gasteiger partial charge in [0.25, 0.3) is 0 Å². The molecular weight excluding hydrogens is 322 g/mol. The molecule has 0 aromatic rings. The van der Waals surface area contributed by atoms with E-state index in [1.54, 1.807) is 0 Å². The van der Waals surface area contributed by atoms with E-state index < -0.39 is 27.1 Å². The molecule has 0 rings (SSSR count). The Balaban J connectivity index is -0.0000000400. The minimum atomic E-state index is -5.11. The van der Waals surface area contributed by atoms with E-state index in [-0.39, 0.29) is 59.1 Å². The van der Waals surface area contributed by atoms with E-state index in [0.29, 0.717) is 0 Å². The molecule has 0 saturated heterocycles. The van der Waals surface area contributed by atoms with Gasteiger partial charge in [0.2, 0.25) is 0 Å². The van der Waals surface area contributed by atoms with Crippen molar-refractivity contribution in [2.45, 2.75) is 0 Å². The van der Waals surface area contributed by atoms with Crippen LogP contribution >= 0.6 is 0 Å². The molecule has 0 aliphatic heterocycles. The molecule has 12 nitrogen and oxygen atoms in total. The molecule has 0 aliphatic rings. The molecule has 0 aromatic heterocycles. The van der Waals surface area contributed by atoms with Gasteiger partial charge >= 0.3 is 77.2 Å². The third-order valence-electron chi connectivity index (χ3n) is 0. The van der Waals surface area contributed by atoms with E-state index in [4.69, 9.17) is 57.5 Å². The molecule has 0 saturated carbocycles. The molecule has 0 radical (unpaired) electrons. The second-order valence-electron chi connectivity index (χ2n) is 1.75. The average Bonchev–Trinajstić information content (AvgIpc) is 1.41. The Kier molecular flexibility index (Phi) is 24.4. The van der Waals surface area contributed by atoms with Crippen molar-refractivity contribution in [1.29, 1.82) is 0 Å². The molecule has 0 bridgehead atoms. The number of hydrogen-bond acceptors (Lipinski definition) is 12. The third-order valence-corrected chi connectivity index (χ3v) is 0. The van der Waals surface area contributed by atoms with Gasteiger partial charge in [0.15, 0.2) is 0 Å². The Morgan fingerprint density at radius 2 is 0.471 bits per heavy atom. The maximum absolute atomic E-state index is 8.80. The number of hydrogen-bond donors (Lipinski definition) is 10. The first-order valence-corrected chi connectivity index (χ1v) is 7.93. The number of rotatable bonds is 0. The quantitative estimate of drug-likeness (QED) is 0.186. The fraction of sp³-hybridized carbons (Fsp3) is 0. The Morgan fingerprint density at radius 1 is 0.471 bits per heavy atom. The average molecular weight is 332 g/mol.